The quantitative estimate of drug-likeness (QED) is 0.807. The fourth-order valence-corrected chi connectivity index (χ4v) is 3.77. The highest BCUT2D eigenvalue weighted by Crippen LogP contribution is 2.22. The Morgan fingerprint density at radius 2 is 1.89 bits per heavy atom. The van der Waals surface area contributed by atoms with E-state index < -0.39 is 0 Å². The number of rotatable bonds is 6. The Morgan fingerprint density at radius 3 is 2.56 bits per heavy atom. The summed E-state index contributed by atoms with van der Waals surface area (Å²) in [5, 5.41) is 3.00. The van der Waals surface area contributed by atoms with Crippen molar-refractivity contribution in [2.75, 3.05) is 18.4 Å². The number of nitrogens with zero attached hydrogens (tertiary/aromatic N) is 1. The van der Waals surface area contributed by atoms with Crippen LogP contribution in [0.15, 0.2) is 54.6 Å². The molecular weight excluding hydrogens is 334 g/mol. The van der Waals surface area contributed by atoms with Crippen LogP contribution in [0.3, 0.4) is 0 Å². The van der Waals surface area contributed by atoms with Gasteiger partial charge in [0.2, 0.25) is 5.91 Å². The number of nitrogens with one attached hydrogen (secondary N) is 1. The molecule has 27 heavy (non-hydrogen) atoms. The molecule has 144 valence electrons. The predicted molar refractivity (Wildman–Crippen MR) is 111 cm³/mol. The van der Waals surface area contributed by atoms with Crippen LogP contribution in [-0.2, 0) is 11.3 Å². The van der Waals surface area contributed by atoms with E-state index in [4.69, 9.17) is 5.73 Å². The van der Waals surface area contributed by atoms with Gasteiger partial charge >= 0.3 is 0 Å². The highest BCUT2D eigenvalue weighted by molar-refractivity contribution is 5.92. The number of likely N-dealkylation sites (tertiary alicyclic amines) is 1. The Kier molecular flexibility index (Phi) is 6.64. The number of hydrogen-bond acceptors (Lipinski definition) is 3. The standard InChI is InChI=1S/C23H31N3O/c1-17-7-6-14-26(15-17)16-19-10-12-21(13-11-19)25-23(27)18(2)22(24)20-8-4-3-5-9-20/h3-5,8-13,17-18,22H,6-7,14-16,24H2,1-2H3,(H,25,27). The molecule has 1 aliphatic heterocycles. The number of amides is 1. The van der Waals surface area contributed by atoms with E-state index in [0.29, 0.717) is 0 Å². The summed E-state index contributed by atoms with van der Waals surface area (Å²) in [5.41, 5.74) is 9.35. The fraction of sp³-hybridized carbons (Fsp3) is 0.435. The van der Waals surface area contributed by atoms with Gasteiger partial charge in [-0.25, -0.2) is 0 Å². The van der Waals surface area contributed by atoms with E-state index in [1.807, 2.05) is 49.4 Å². The van der Waals surface area contributed by atoms with Crippen LogP contribution >= 0.6 is 0 Å². The molecule has 2 aromatic carbocycles. The minimum Gasteiger partial charge on any atom is -0.326 e. The Bertz CT molecular complexity index is 729. The zero-order valence-corrected chi connectivity index (χ0v) is 16.4. The summed E-state index contributed by atoms with van der Waals surface area (Å²) < 4.78 is 0. The molecule has 0 aliphatic carbocycles. The van der Waals surface area contributed by atoms with Gasteiger partial charge in [0.15, 0.2) is 0 Å². The van der Waals surface area contributed by atoms with Crippen molar-refractivity contribution in [3.63, 3.8) is 0 Å². The molecule has 3 rings (SSSR count). The molecule has 3 N–H and O–H groups in total. The number of carbonyl (C=O) groups excluding carboxylic acids is 1. The highest BCUT2D eigenvalue weighted by atomic mass is 16.1. The number of piperidine rings is 1. The van der Waals surface area contributed by atoms with Crippen molar-refractivity contribution >= 4 is 11.6 Å². The Hall–Kier alpha value is -2.17. The molecule has 1 aliphatic rings. The lowest BCUT2D eigenvalue weighted by Crippen LogP contribution is -2.33. The van der Waals surface area contributed by atoms with Crippen molar-refractivity contribution in [3.8, 4) is 0 Å². The van der Waals surface area contributed by atoms with Crippen molar-refractivity contribution in [2.24, 2.45) is 17.6 Å². The maximum Gasteiger partial charge on any atom is 0.229 e. The van der Waals surface area contributed by atoms with Gasteiger partial charge in [0.25, 0.3) is 0 Å². The zero-order valence-electron chi connectivity index (χ0n) is 16.4. The average molecular weight is 366 g/mol. The molecule has 3 unspecified atom stereocenters. The molecule has 0 spiro atoms. The molecule has 0 saturated carbocycles. The third-order valence-corrected chi connectivity index (χ3v) is 5.51. The van der Waals surface area contributed by atoms with Crippen molar-refractivity contribution in [1.82, 2.24) is 4.90 Å². The normalized spacial score (nSPS) is 20.0. The van der Waals surface area contributed by atoms with Gasteiger partial charge in [0, 0.05) is 24.8 Å². The van der Waals surface area contributed by atoms with Crippen molar-refractivity contribution < 1.29 is 4.79 Å². The van der Waals surface area contributed by atoms with Crippen LogP contribution in [0.4, 0.5) is 5.69 Å². The molecule has 1 fully saturated rings. The number of nitrogens with two attached hydrogens (primary N) is 1. The second-order valence-electron chi connectivity index (χ2n) is 7.89. The molecule has 0 aromatic heterocycles. The summed E-state index contributed by atoms with van der Waals surface area (Å²) in [6, 6.07) is 17.6. The van der Waals surface area contributed by atoms with Gasteiger partial charge in [-0.2, -0.15) is 0 Å². The Balaban J connectivity index is 1.55. The van der Waals surface area contributed by atoms with Crippen LogP contribution in [0.1, 0.15) is 43.9 Å². The van der Waals surface area contributed by atoms with E-state index in [1.54, 1.807) is 0 Å². The number of hydrogen-bond donors (Lipinski definition) is 2. The average Bonchev–Trinajstić information content (AvgIpc) is 2.69. The number of benzene rings is 2. The first-order chi connectivity index (χ1) is 13.0. The highest BCUT2D eigenvalue weighted by Gasteiger charge is 2.22. The second kappa shape index (κ2) is 9.16. The van der Waals surface area contributed by atoms with Crippen molar-refractivity contribution in [3.05, 3.63) is 65.7 Å². The van der Waals surface area contributed by atoms with Gasteiger partial charge in [0.1, 0.15) is 0 Å². The molecule has 1 saturated heterocycles. The van der Waals surface area contributed by atoms with E-state index in [2.05, 4.69) is 29.3 Å². The molecule has 3 atom stereocenters. The van der Waals surface area contributed by atoms with Crippen molar-refractivity contribution in [1.29, 1.82) is 0 Å². The smallest absolute Gasteiger partial charge is 0.229 e. The van der Waals surface area contributed by atoms with Crippen LogP contribution in [0, 0.1) is 11.8 Å². The van der Waals surface area contributed by atoms with Gasteiger partial charge in [-0.1, -0.05) is 56.3 Å². The van der Waals surface area contributed by atoms with Gasteiger partial charge in [-0.15, -0.1) is 0 Å². The molecule has 2 aromatic rings. The summed E-state index contributed by atoms with van der Waals surface area (Å²) in [7, 11) is 0. The summed E-state index contributed by atoms with van der Waals surface area (Å²) in [6.07, 6.45) is 2.62. The summed E-state index contributed by atoms with van der Waals surface area (Å²) in [6.45, 7) is 7.53. The van der Waals surface area contributed by atoms with Gasteiger partial charge in [0.05, 0.1) is 5.92 Å². The van der Waals surface area contributed by atoms with Crippen LogP contribution < -0.4 is 11.1 Å². The monoisotopic (exact) mass is 365 g/mol. The second-order valence-corrected chi connectivity index (χ2v) is 7.89. The number of carbonyl (C=O) groups is 1. The summed E-state index contributed by atoms with van der Waals surface area (Å²) in [4.78, 5) is 15.1. The molecule has 0 radical (unpaired) electrons. The first kappa shape index (κ1) is 19.6. The summed E-state index contributed by atoms with van der Waals surface area (Å²) >= 11 is 0. The lowest BCUT2D eigenvalue weighted by molar-refractivity contribution is -0.120. The summed E-state index contributed by atoms with van der Waals surface area (Å²) in [5.74, 6) is 0.429. The first-order valence-corrected chi connectivity index (χ1v) is 9.95. The van der Waals surface area contributed by atoms with E-state index in [9.17, 15) is 4.79 Å². The lowest BCUT2D eigenvalue weighted by Gasteiger charge is -2.30. The Morgan fingerprint density at radius 1 is 1.19 bits per heavy atom. The van der Waals surface area contributed by atoms with Gasteiger partial charge in [-0.3, -0.25) is 9.69 Å². The molecule has 1 heterocycles. The van der Waals surface area contributed by atoms with E-state index in [1.165, 1.54) is 31.5 Å². The van der Waals surface area contributed by atoms with Crippen LogP contribution in [0.2, 0.25) is 0 Å². The van der Waals surface area contributed by atoms with Crippen LogP contribution in [-0.4, -0.2) is 23.9 Å². The third kappa shape index (κ3) is 5.41. The zero-order chi connectivity index (χ0) is 19.2. The Labute approximate surface area is 162 Å². The van der Waals surface area contributed by atoms with Gasteiger partial charge in [-0.05, 0) is 48.6 Å². The molecular formula is C23H31N3O. The van der Waals surface area contributed by atoms with Crippen molar-refractivity contribution in [2.45, 2.75) is 39.3 Å². The third-order valence-electron chi connectivity index (χ3n) is 5.51. The largest absolute Gasteiger partial charge is 0.326 e. The topological polar surface area (TPSA) is 58.4 Å². The van der Waals surface area contributed by atoms with Crippen LogP contribution in [0.25, 0.3) is 0 Å². The predicted octanol–water partition coefficient (Wildman–Crippen LogP) is 4.19. The first-order valence-electron chi connectivity index (χ1n) is 9.95. The maximum absolute atomic E-state index is 12.6. The minimum absolute atomic E-state index is 0.0519. The van der Waals surface area contributed by atoms with Gasteiger partial charge < -0.3 is 11.1 Å². The van der Waals surface area contributed by atoms with E-state index in [0.717, 1.165) is 23.7 Å². The molecule has 4 nitrogen and oxygen atoms in total. The SMILES string of the molecule is CC1CCCN(Cc2ccc(NC(=O)C(C)C(N)c3ccccc3)cc2)C1. The van der Waals surface area contributed by atoms with E-state index >= 15 is 0 Å². The lowest BCUT2D eigenvalue weighted by atomic mass is 9.94. The minimum atomic E-state index is -0.313. The number of anilines is 1. The fourth-order valence-electron chi connectivity index (χ4n) is 3.77. The molecule has 4 heteroatoms. The maximum atomic E-state index is 12.6. The van der Waals surface area contributed by atoms with E-state index in [-0.39, 0.29) is 17.9 Å². The van der Waals surface area contributed by atoms with Crippen LogP contribution in [0.5, 0.6) is 0 Å². The molecule has 0 bridgehead atoms. The molecule has 1 amide bonds.